The van der Waals surface area contributed by atoms with Crippen molar-refractivity contribution in [1.82, 2.24) is 5.48 Å². The van der Waals surface area contributed by atoms with Gasteiger partial charge >= 0.3 is 6.18 Å². The molecule has 0 fully saturated rings. The topological polar surface area (TPSA) is 21.3 Å². The van der Waals surface area contributed by atoms with Crippen molar-refractivity contribution in [1.29, 1.82) is 0 Å². The van der Waals surface area contributed by atoms with Crippen LogP contribution < -0.4 is 5.48 Å². The normalized spacial score (nSPS) is 12.0. The van der Waals surface area contributed by atoms with E-state index in [1.165, 1.54) is 19.3 Å². The Morgan fingerprint density at radius 2 is 1.60 bits per heavy atom. The highest BCUT2D eigenvalue weighted by atomic mass is 19.4. The van der Waals surface area contributed by atoms with Gasteiger partial charge in [0.2, 0.25) is 0 Å². The fourth-order valence-corrected chi connectivity index (χ4v) is 1.18. The van der Waals surface area contributed by atoms with E-state index >= 15 is 0 Å². The van der Waals surface area contributed by atoms with Gasteiger partial charge in [-0.3, -0.25) is 4.84 Å². The molecule has 2 nitrogen and oxygen atoms in total. The average molecular weight is 227 g/mol. The summed E-state index contributed by atoms with van der Waals surface area (Å²) in [7, 11) is 0. The van der Waals surface area contributed by atoms with Gasteiger partial charge in [-0.05, 0) is 6.42 Å². The third-order valence-corrected chi connectivity index (χ3v) is 1.97. The van der Waals surface area contributed by atoms with Gasteiger partial charge in [-0.2, -0.15) is 13.2 Å². The fraction of sp³-hybridized carbons (Fsp3) is 1.00. The molecule has 0 rings (SSSR count). The fourth-order valence-electron chi connectivity index (χ4n) is 1.18. The summed E-state index contributed by atoms with van der Waals surface area (Å²) < 4.78 is 34.8. The van der Waals surface area contributed by atoms with Gasteiger partial charge in [0.05, 0.1) is 0 Å². The Labute approximate surface area is 89.1 Å². The molecule has 0 aliphatic rings. The molecule has 0 aromatic rings. The van der Waals surface area contributed by atoms with E-state index in [0.29, 0.717) is 6.54 Å². The molecule has 0 heterocycles. The van der Waals surface area contributed by atoms with E-state index in [0.717, 1.165) is 19.3 Å². The highest BCUT2D eigenvalue weighted by Crippen LogP contribution is 2.13. The monoisotopic (exact) mass is 227 g/mol. The van der Waals surface area contributed by atoms with Gasteiger partial charge in [-0.25, -0.2) is 5.48 Å². The Kier molecular flexibility index (Phi) is 8.80. The molecule has 0 spiro atoms. The maximum Gasteiger partial charge on any atom is 0.413 e. The zero-order valence-corrected chi connectivity index (χ0v) is 9.20. The Bertz CT molecular complexity index is 139. The third kappa shape index (κ3) is 13.7. The zero-order chi connectivity index (χ0) is 11.6. The SMILES string of the molecule is CCCCCCCCNOCC(F)(F)F. The van der Waals surface area contributed by atoms with Crippen LogP contribution in [-0.2, 0) is 4.84 Å². The summed E-state index contributed by atoms with van der Waals surface area (Å²) in [5, 5.41) is 0. The molecule has 15 heavy (non-hydrogen) atoms. The summed E-state index contributed by atoms with van der Waals surface area (Å²) in [6, 6.07) is 0. The van der Waals surface area contributed by atoms with Gasteiger partial charge in [-0.1, -0.05) is 39.0 Å². The summed E-state index contributed by atoms with van der Waals surface area (Å²) in [6.45, 7) is 1.41. The highest BCUT2D eigenvalue weighted by molar-refractivity contribution is 4.46. The number of unbranched alkanes of at least 4 members (excludes halogenated alkanes) is 5. The molecule has 5 heteroatoms. The van der Waals surface area contributed by atoms with E-state index < -0.39 is 12.8 Å². The summed E-state index contributed by atoms with van der Waals surface area (Å²) >= 11 is 0. The predicted octanol–water partition coefficient (Wildman–Crippen LogP) is 3.43. The second-order valence-corrected chi connectivity index (χ2v) is 3.57. The predicted molar refractivity (Wildman–Crippen MR) is 53.4 cm³/mol. The summed E-state index contributed by atoms with van der Waals surface area (Å²) in [5.74, 6) is 0. The smallest absolute Gasteiger partial charge is 0.292 e. The minimum absolute atomic E-state index is 0.488. The van der Waals surface area contributed by atoms with Crippen molar-refractivity contribution < 1.29 is 18.0 Å². The summed E-state index contributed by atoms with van der Waals surface area (Å²) in [6.07, 6.45) is 2.46. The van der Waals surface area contributed by atoms with Gasteiger partial charge in [0.15, 0.2) is 6.61 Å². The molecule has 0 radical (unpaired) electrons. The van der Waals surface area contributed by atoms with Crippen LogP contribution in [0.15, 0.2) is 0 Å². The molecule has 0 aromatic heterocycles. The molecule has 0 aliphatic heterocycles. The van der Waals surface area contributed by atoms with Crippen LogP contribution in [0.5, 0.6) is 0 Å². The van der Waals surface area contributed by atoms with Crippen LogP contribution in [0.3, 0.4) is 0 Å². The molecule has 0 atom stereocenters. The largest absolute Gasteiger partial charge is 0.413 e. The number of hydrogen-bond acceptors (Lipinski definition) is 2. The van der Waals surface area contributed by atoms with E-state index in [1.54, 1.807) is 0 Å². The first-order chi connectivity index (χ1) is 7.06. The lowest BCUT2D eigenvalue weighted by atomic mass is 10.1. The van der Waals surface area contributed by atoms with Crippen molar-refractivity contribution >= 4 is 0 Å². The van der Waals surface area contributed by atoms with Crippen LogP contribution in [0, 0.1) is 0 Å². The molecule has 0 aliphatic carbocycles. The molecule has 0 amide bonds. The van der Waals surface area contributed by atoms with Gasteiger partial charge in [0.1, 0.15) is 0 Å². The quantitative estimate of drug-likeness (QED) is 0.481. The molecule has 0 unspecified atom stereocenters. The molecule has 0 saturated heterocycles. The van der Waals surface area contributed by atoms with E-state index in [9.17, 15) is 13.2 Å². The highest BCUT2D eigenvalue weighted by Gasteiger charge is 2.27. The van der Waals surface area contributed by atoms with Gasteiger partial charge < -0.3 is 0 Å². The van der Waals surface area contributed by atoms with Crippen molar-refractivity contribution in [2.24, 2.45) is 0 Å². The zero-order valence-electron chi connectivity index (χ0n) is 9.20. The third-order valence-electron chi connectivity index (χ3n) is 1.97. The second-order valence-electron chi connectivity index (χ2n) is 3.57. The Hall–Kier alpha value is -0.290. The van der Waals surface area contributed by atoms with Crippen molar-refractivity contribution in [2.75, 3.05) is 13.2 Å². The first kappa shape index (κ1) is 14.7. The molecule has 1 N–H and O–H groups in total. The maximum atomic E-state index is 11.6. The Morgan fingerprint density at radius 3 is 2.20 bits per heavy atom. The van der Waals surface area contributed by atoms with Crippen LogP contribution in [0.25, 0.3) is 0 Å². The minimum atomic E-state index is -4.24. The lowest BCUT2D eigenvalue weighted by Gasteiger charge is -2.08. The standard InChI is InChI=1S/C10H20F3NO/c1-2-3-4-5-6-7-8-14-15-9-10(11,12)13/h14H,2-9H2,1H3. The lowest BCUT2D eigenvalue weighted by molar-refractivity contribution is -0.189. The molecule has 0 saturated carbocycles. The van der Waals surface area contributed by atoms with Crippen LogP contribution >= 0.6 is 0 Å². The van der Waals surface area contributed by atoms with Crippen molar-refractivity contribution in [2.45, 2.75) is 51.6 Å². The molecule has 92 valence electrons. The first-order valence-electron chi connectivity index (χ1n) is 5.47. The van der Waals surface area contributed by atoms with Gasteiger partial charge in [0.25, 0.3) is 0 Å². The van der Waals surface area contributed by atoms with Gasteiger partial charge in [0, 0.05) is 6.54 Å². The van der Waals surface area contributed by atoms with E-state index in [4.69, 9.17) is 0 Å². The van der Waals surface area contributed by atoms with Crippen LogP contribution in [0.4, 0.5) is 13.2 Å². The summed E-state index contributed by atoms with van der Waals surface area (Å²) in [5.41, 5.74) is 2.31. The Balaban J connectivity index is 2.99. The van der Waals surface area contributed by atoms with E-state index in [1.807, 2.05) is 0 Å². The number of rotatable bonds is 9. The number of nitrogens with one attached hydrogen (secondary N) is 1. The van der Waals surface area contributed by atoms with Crippen LogP contribution in [0.2, 0.25) is 0 Å². The second kappa shape index (κ2) is 8.97. The summed E-state index contributed by atoms with van der Waals surface area (Å²) in [4.78, 5) is 4.25. The van der Waals surface area contributed by atoms with Crippen LogP contribution in [0.1, 0.15) is 45.4 Å². The first-order valence-corrected chi connectivity index (χ1v) is 5.47. The van der Waals surface area contributed by atoms with Crippen molar-refractivity contribution in [3.05, 3.63) is 0 Å². The molecular weight excluding hydrogens is 207 g/mol. The number of hydrogen-bond donors (Lipinski definition) is 1. The van der Waals surface area contributed by atoms with E-state index in [2.05, 4.69) is 17.2 Å². The average Bonchev–Trinajstić information content (AvgIpc) is 2.14. The number of alkyl halides is 3. The van der Waals surface area contributed by atoms with E-state index in [-0.39, 0.29) is 0 Å². The number of hydroxylamine groups is 1. The van der Waals surface area contributed by atoms with Crippen molar-refractivity contribution in [3.63, 3.8) is 0 Å². The van der Waals surface area contributed by atoms with Crippen LogP contribution in [-0.4, -0.2) is 19.3 Å². The molecule has 0 bridgehead atoms. The van der Waals surface area contributed by atoms with Crippen molar-refractivity contribution in [3.8, 4) is 0 Å². The molecule has 0 aromatic carbocycles. The van der Waals surface area contributed by atoms with Gasteiger partial charge in [-0.15, -0.1) is 0 Å². The maximum absolute atomic E-state index is 11.6. The number of halogens is 3. The lowest BCUT2D eigenvalue weighted by Crippen LogP contribution is -2.25. The Morgan fingerprint density at radius 1 is 1.00 bits per heavy atom. The minimum Gasteiger partial charge on any atom is -0.292 e. The molecular formula is C10H20F3NO.